The van der Waals surface area contributed by atoms with Crippen LogP contribution < -0.4 is 5.32 Å². The highest BCUT2D eigenvalue weighted by Crippen LogP contribution is 2.11. The van der Waals surface area contributed by atoms with Gasteiger partial charge >= 0.3 is 5.97 Å². The molecule has 0 rings (SSSR count). The number of hydrogen-bond donors (Lipinski definition) is 1. The summed E-state index contributed by atoms with van der Waals surface area (Å²) in [6.45, 7) is 4.93. The van der Waals surface area contributed by atoms with E-state index in [0.29, 0.717) is 13.0 Å². The highest BCUT2D eigenvalue weighted by Gasteiger charge is 2.06. The Morgan fingerprint density at radius 3 is 1.54 bits per heavy atom. The fraction of sp³-hybridized carbons (Fsp3) is 0.917. The van der Waals surface area contributed by atoms with Crippen molar-refractivity contribution >= 4 is 11.9 Å². The van der Waals surface area contributed by atoms with Crippen LogP contribution in [-0.2, 0) is 14.3 Å². The fourth-order valence-corrected chi connectivity index (χ4v) is 3.33. The average Bonchev–Trinajstić information content (AvgIpc) is 2.69. The van der Waals surface area contributed by atoms with E-state index in [1.807, 2.05) is 0 Å². The molecule has 4 heteroatoms. The standard InChI is InChI=1S/C24H47NO3/c1-3-5-7-9-11-12-13-14-15-16-18-20-23(26)25-22-24(27)28-21-19-17-10-8-6-4-2/h3-22H2,1-2H3,(H,25,26). The van der Waals surface area contributed by atoms with Gasteiger partial charge in [-0.1, -0.05) is 110 Å². The number of esters is 1. The van der Waals surface area contributed by atoms with E-state index in [9.17, 15) is 9.59 Å². The second-order valence-corrected chi connectivity index (χ2v) is 8.05. The van der Waals surface area contributed by atoms with Gasteiger partial charge in [-0.25, -0.2) is 0 Å². The molecule has 0 bridgehead atoms. The van der Waals surface area contributed by atoms with Gasteiger partial charge in [-0.05, 0) is 12.8 Å². The van der Waals surface area contributed by atoms with Crippen LogP contribution in [0, 0.1) is 0 Å². The smallest absolute Gasteiger partial charge is 0.325 e. The number of carbonyl (C=O) groups excluding carboxylic acids is 2. The molecule has 0 radical (unpaired) electrons. The van der Waals surface area contributed by atoms with Gasteiger partial charge in [0.1, 0.15) is 6.54 Å². The average molecular weight is 398 g/mol. The van der Waals surface area contributed by atoms with Crippen LogP contribution in [0.15, 0.2) is 0 Å². The molecule has 1 amide bonds. The van der Waals surface area contributed by atoms with E-state index >= 15 is 0 Å². The first kappa shape index (κ1) is 26.9. The lowest BCUT2D eigenvalue weighted by Gasteiger charge is -2.07. The molecule has 28 heavy (non-hydrogen) atoms. The lowest BCUT2D eigenvalue weighted by atomic mass is 10.1. The van der Waals surface area contributed by atoms with Crippen LogP contribution in [0.5, 0.6) is 0 Å². The van der Waals surface area contributed by atoms with E-state index in [4.69, 9.17) is 4.74 Å². The quantitative estimate of drug-likeness (QED) is 0.173. The summed E-state index contributed by atoms with van der Waals surface area (Å²) in [5, 5.41) is 2.67. The first-order valence-electron chi connectivity index (χ1n) is 12.1. The molecule has 0 saturated heterocycles. The number of nitrogens with one attached hydrogen (secondary N) is 1. The van der Waals surface area contributed by atoms with Crippen molar-refractivity contribution in [1.29, 1.82) is 0 Å². The van der Waals surface area contributed by atoms with Gasteiger partial charge in [-0.3, -0.25) is 9.59 Å². The molecule has 0 aromatic heterocycles. The van der Waals surface area contributed by atoms with Crippen LogP contribution in [0.4, 0.5) is 0 Å². The van der Waals surface area contributed by atoms with E-state index in [1.54, 1.807) is 0 Å². The van der Waals surface area contributed by atoms with Gasteiger partial charge < -0.3 is 10.1 Å². The Labute approximate surface area is 174 Å². The SMILES string of the molecule is CCCCCCCCCCCCCC(=O)NCC(=O)OCCCCCCCC. The van der Waals surface area contributed by atoms with E-state index in [1.165, 1.54) is 83.5 Å². The Hall–Kier alpha value is -1.06. The molecule has 0 heterocycles. The second-order valence-electron chi connectivity index (χ2n) is 8.05. The molecule has 0 saturated carbocycles. The predicted octanol–water partition coefficient (Wildman–Crippen LogP) is 6.71. The maximum absolute atomic E-state index is 11.8. The minimum atomic E-state index is -0.319. The van der Waals surface area contributed by atoms with Crippen molar-refractivity contribution in [3.8, 4) is 0 Å². The summed E-state index contributed by atoms with van der Waals surface area (Å²) in [5.41, 5.74) is 0. The highest BCUT2D eigenvalue weighted by molar-refractivity contribution is 5.81. The molecule has 166 valence electrons. The first-order valence-corrected chi connectivity index (χ1v) is 12.1. The van der Waals surface area contributed by atoms with Gasteiger partial charge in [0.05, 0.1) is 6.61 Å². The summed E-state index contributed by atoms with van der Waals surface area (Å²) in [6, 6.07) is 0. The number of amides is 1. The van der Waals surface area contributed by atoms with Crippen LogP contribution in [-0.4, -0.2) is 25.0 Å². The molecule has 0 aliphatic heterocycles. The Balaban J connectivity index is 3.30. The molecule has 0 aromatic carbocycles. The molecular formula is C24H47NO3. The predicted molar refractivity (Wildman–Crippen MR) is 118 cm³/mol. The van der Waals surface area contributed by atoms with Gasteiger partial charge in [-0.15, -0.1) is 0 Å². The molecular weight excluding hydrogens is 350 g/mol. The van der Waals surface area contributed by atoms with Crippen LogP contribution in [0.25, 0.3) is 0 Å². The van der Waals surface area contributed by atoms with E-state index < -0.39 is 0 Å². The summed E-state index contributed by atoms with van der Waals surface area (Å²) >= 11 is 0. The third-order valence-corrected chi connectivity index (χ3v) is 5.20. The zero-order valence-corrected chi connectivity index (χ0v) is 18.9. The molecule has 0 aliphatic rings. The van der Waals surface area contributed by atoms with E-state index in [-0.39, 0.29) is 18.4 Å². The van der Waals surface area contributed by atoms with Crippen LogP contribution in [0.3, 0.4) is 0 Å². The molecule has 0 atom stereocenters. The van der Waals surface area contributed by atoms with Gasteiger partial charge in [0.2, 0.25) is 5.91 Å². The van der Waals surface area contributed by atoms with Crippen molar-refractivity contribution in [3.63, 3.8) is 0 Å². The lowest BCUT2D eigenvalue weighted by Crippen LogP contribution is -2.30. The van der Waals surface area contributed by atoms with Crippen molar-refractivity contribution in [2.45, 2.75) is 129 Å². The minimum absolute atomic E-state index is 0.00665. The van der Waals surface area contributed by atoms with E-state index in [0.717, 1.165) is 25.7 Å². The second kappa shape index (κ2) is 22.2. The fourth-order valence-electron chi connectivity index (χ4n) is 3.33. The lowest BCUT2D eigenvalue weighted by molar-refractivity contribution is -0.144. The maximum Gasteiger partial charge on any atom is 0.325 e. The normalized spacial score (nSPS) is 10.8. The minimum Gasteiger partial charge on any atom is -0.464 e. The summed E-state index contributed by atoms with van der Waals surface area (Å²) in [4.78, 5) is 23.4. The Kier molecular flexibility index (Phi) is 21.4. The van der Waals surface area contributed by atoms with Crippen LogP contribution in [0.1, 0.15) is 129 Å². The topological polar surface area (TPSA) is 55.4 Å². The van der Waals surface area contributed by atoms with Crippen molar-refractivity contribution in [2.75, 3.05) is 13.2 Å². The number of unbranched alkanes of at least 4 members (excludes halogenated alkanes) is 15. The van der Waals surface area contributed by atoms with Crippen molar-refractivity contribution in [1.82, 2.24) is 5.32 Å². The zero-order chi connectivity index (χ0) is 20.7. The largest absolute Gasteiger partial charge is 0.464 e. The van der Waals surface area contributed by atoms with Crippen molar-refractivity contribution in [3.05, 3.63) is 0 Å². The number of ether oxygens (including phenoxy) is 1. The number of hydrogen-bond acceptors (Lipinski definition) is 3. The Morgan fingerprint density at radius 2 is 1.04 bits per heavy atom. The third-order valence-electron chi connectivity index (χ3n) is 5.20. The summed E-state index contributed by atoms with van der Waals surface area (Å²) in [7, 11) is 0. The Bertz CT molecular complexity index is 358. The van der Waals surface area contributed by atoms with Gasteiger partial charge in [-0.2, -0.15) is 0 Å². The molecule has 0 fully saturated rings. The monoisotopic (exact) mass is 397 g/mol. The summed E-state index contributed by atoms with van der Waals surface area (Å²) in [5.74, 6) is -0.353. The summed E-state index contributed by atoms with van der Waals surface area (Å²) in [6.07, 6.45) is 21.6. The highest BCUT2D eigenvalue weighted by atomic mass is 16.5. The number of rotatable bonds is 21. The molecule has 0 aliphatic carbocycles. The van der Waals surface area contributed by atoms with Crippen molar-refractivity contribution in [2.24, 2.45) is 0 Å². The van der Waals surface area contributed by atoms with Gasteiger partial charge in [0.25, 0.3) is 0 Å². The van der Waals surface area contributed by atoms with Crippen molar-refractivity contribution < 1.29 is 14.3 Å². The maximum atomic E-state index is 11.8. The molecule has 4 nitrogen and oxygen atoms in total. The molecule has 0 unspecified atom stereocenters. The van der Waals surface area contributed by atoms with E-state index in [2.05, 4.69) is 19.2 Å². The molecule has 0 spiro atoms. The van der Waals surface area contributed by atoms with Crippen LogP contribution >= 0.6 is 0 Å². The third kappa shape index (κ3) is 21.2. The van der Waals surface area contributed by atoms with Gasteiger partial charge in [0.15, 0.2) is 0 Å². The Morgan fingerprint density at radius 1 is 0.607 bits per heavy atom. The number of carbonyl (C=O) groups is 2. The summed E-state index contributed by atoms with van der Waals surface area (Å²) < 4.78 is 5.16. The molecule has 0 aromatic rings. The van der Waals surface area contributed by atoms with Gasteiger partial charge in [0, 0.05) is 6.42 Å². The zero-order valence-electron chi connectivity index (χ0n) is 18.9. The first-order chi connectivity index (χ1) is 13.7. The molecule has 1 N–H and O–H groups in total. The van der Waals surface area contributed by atoms with Crippen LogP contribution in [0.2, 0.25) is 0 Å².